The number of benzene rings is 2. The SMILES string of the molecule is CNCc1nnc(-c2ccccc2-c2ccccc2)s1. The Morgan fingerprint density at radius 1 is 0.900 bits per heavy atom. The maximum Gasteiger partial charge on any atom is 0.148 e. The van der Waals surface area contributed by atoms with Gasteiger partial charge in [-0.2, -0.15) is 0 Å². The summed E-state index contributed by atoms with van der Waals surface area (Å²) in [5.74, 6) is 0. The van der Waals surface area contributed by atoms with E-state index in [2.05, 4.69) is 58.0 Å². The number of hydrogen-bond donors (Lipinski definition) is 1. The third kappa shape index (κ3) is 2.61. The molecule has 0 saturated carbocycles. The van der Waals surface area contributed by atoms with Crippen LogP contribution in [0.4, 0.5) is 0 Å². The van der Waals surface area contributed by atoms with Crippen LogP contribution in [0, 0.1) is 0 Å². The summed E-state index contributed by atoms with van der Waals surface area (Å²) in [6, 6.07) is 18.7. The van der Waals surface area contributed by atoms with E-state index in [1.807, 2.05) is 19.2 Å². The summed E-state index contributed by atoms with van der Waals surface area (Å²) < 4.78 is 0. The van der Waals surface area contributed by atoms with Gasteiger partial charge in [-0.05, 0) is 18.2 Å². The lowest BCUT2D eigenvalue weighted by molar-refractivity contribution is 0.795. The minimum absolute atomic E-state index is 0.755. The molecule has 0 radical (unpaired) electrons. The van der Waals surface area contributed by atoms with Crippen molar-refractivity contribution in [2.24, 2.45) is 0 Å². The number of nitrogens with one attached hydrogen (secondary N) is 1. The zero-order valence-electron chi connectivity index (χ0n) is 11.2. The molecule has 0 spiro atoms. The largest absolute Gasteiger partial charge is 0.313 e. The van der Waals surface area contributed by atoms with Crippen molar-refractivity contribution >= 4 is 11.3 Å². The topological polar surface area (TPSA) is 37.8 Å². The number of hydrogen-bond acceptors (Lipinski definition) is 4. The van der Waals surface area contributed by atoms with Crippen molar-refractivity contribution in [2.75, 3.05) is 7.05 Å². The molecule has 2 aromatic carbocycles. The third-order valence-corrected chi connectivity index (χ3v) is 3.99. The molecule has 3 nitrogen and oxygen atoms in total. The standard InChI is InChI=1S/C16H15N3S/c1-17-11-15-18-19-16(20-15)14-10-6-5-9-13(14)12-7-3-2-4-8-12/h2-10,17H,11H2,1H3. The van der Waals surface area contributed by atoms with E-state index < -0.39 is 0 Å². The molecule has 0 aliphatic heterocycles. The molecule has 1 heterocycles. The van der Waals surface area contributed by atoms with Crippen LogP contribution in [0.3, 0.4) is 0 Å². The molecular weight excluding hydrogens is 266 g/mol. The Labute approximate surface area is 122 Å². The van der Waals surface area contributed by atoms with Crippen LogP contribution in [0.15, 0.2) is 54.6 Å². The van der Waals surface area contributed by atoms with Gasteiger partial charge in [-0.15, -0.1) is 10.2 Å². The molecule has 3 aromatic rings. The molecule has 1 N–H and O–H groups in total. The van der Waals surface area contributed by atoms with Gasteiger partial charge in [-0.25, -0.2) is 0 Å². The fourth-order valence-corrected chi connectivity index (χ4v) is 3.02. The molecule has 0 saturated heterocycles. The summed E-state index contributed by atoms with van der Waals surface area (Å²) in [5.41, 5.74) is 3.53. The van der Waals surface area contributed by atoms with Crippen molar-refractivity contribution in [3.05, 3.63) is 59.6 Å². The summed E-state index contributed by atoms with van der Waals surface area (Å²) >= 11 is 1.63. The van der Waals surface area contributed by atoms with E-state index in [0.29, 0.717) is 0 Å². The molecule has 0 aliphatic carbocycles. The Bertz CT molecular complexity index is 692. The van der Waals surface area contributed by atoms with E-state index in [1.165, 1.54) is 11.1 Å². The second-order valence-electron chi connectivity index (χ2n) is 4.44. The predicted molar refractivity (Wildman–Crippen MR) is 83.5 cm³/mol. The maximum absolute atomic E-state index is 4.32. The van der Waals surface area contributed by atoms with E-state index in [4.69, 9.17) is 0 Å². The van der Waals surface area contributed by atoms with Gasteiger partial charge in [-0.1, -0.05) is 65.9 Å². The highest BCUT2D eigenvalue weighted by molar-refractivity contribution is 7.14. The smallest absolute Gasteiger partial charge is 0.148 e. The van der Waals surface area contributed by atoms with Gasteiger partial charge in [-0.3, -0.25) is 0 Å². The molecular formula is C16H15N3S. The first-order valence-electron chi connectivity index (χ1n) is 6.50. The second kappa shape index (κ2) is 5.94. The Balaban J connectivity index is 2.05. The average molecular weight is 281 g/mol. The fourth-order valence-electron chi connectivity index (χ4n) is 2.12. The Hall–Kier alpha value is -2.04. The van der Waals surface area contributed by atoms with Crippen molar-refractivity contribution < 1.29 is 0 Å². The van der Waals surface area contributed by atoms with Gasteiger partial charge in [0.1, 0.15) is 10.0 Å². The summed E-state index contributed by atoms with van der Waals surface area (Å²) in [5, 5.41) is 13.6. The van der Waals surface area contributed by atoms with Gasteiger partial charge in [0.25, 0.3) is 0 Å². The summed E-state index contributed by atoms with van der Waals surface area (Å²) in [4.78, 5) is 0. The highest BCUT2D eigenvalue weighted by atomic mass is 32.1. The molecule has 0 aliphatic rings. The molecule has 0 atom stereocenters. The van der Waals surface area contributed by atoms with Crippen molar-refractivity contribution in [1.29, 1.82) is 0 Å². The van der Waals surface area contributed by atoms with Gasteiger partial charge in [0.05, 0.1) is 0 Å². The first-order chi connectivity index (χ1) is 9.88. The molecule has 0 fully saturated rings. The van der Waals surface area contributed by atoms with E-state index >= 15 is 0 Å². The average Bonchev–Trinajstić information content (AvgIpc) is 2.97. The van der Waals surface area contributed by atoms with Gasteiger partial charge >= 0.3 is 0 Å². The molecule has 0 unspecified atom stereocenters. The summed E-state index contributed by atoms with van der Waals surface area (Å²) in [6.45, 7) is 0.755. The van der Waals surface area contributed by atoms with Gasteiger partial charge in [0, 0.05) is 12.1 Å². The van der Waals surface area contributed by atoms with Crippen LogP contribution in [0.5, 0.6) is 0 Å². The van der Waals surface area contributed by atoms with Crippen LogP contribution >= 0.6 is 11.3 Å². The number of aromatic nitrogens is 2. The van der Waals surface area contributed by atoms with Crippen LogP contribution in [0.25, 0.3) is 21.7 Å². The summed E-state index contributed by atoms with van der Waals surface area (Å²) in [7, 11) is 1.92. The molecule has 3 rings (SSSR count). The first-order valence-corrected chi connectivity index (χ1v) is 7.32. The minimum atomic E-state index is 0.755. The van der Waals surface area contributed by atoms with Crippen LogP contribution in [-0.2, 0) is 6.54 Å². The minimum Gasteiger partial charge on any atom is -0.313 e. The molecule has 0 bridgehead atoms. The Morgan fingerprint density at radius 2 is 1.60 bits per heavy atom. The maximum atomic E-state index is 4.32. The highest BCUT2D eigenvalue weighted by Gasteiger charge is 2.11. The first kappa shape index (κ1) is 13.0. The Kier molecular flexibility index (Phi) is 3.85. The Morgan fingerprint density at radius 3 is 2.35 bits per heavy atom. The van der Waals surface area contributed by atoms with E-state index in [0.717, 1.165) is 22.1 Å². The number of rotatable bonds is 4. The van der Waals surface area contributed by atoms with E-state index in [-0.39, 0.29) is 0 Å². The monoisotopic (exact) mass is 281 g/mol. The normalized spacial score (nSPS) is 10.7. The lowest BCUT2D eigenvalue weighted by atomic mass is 10.0. The lowest BCUT2D eigenvalue weighted by Gasteiger charge is -2.06. The zero-order chi connectivity index (χ0) is 13.8. The van der Waals surface area contributed by atoms with E-state index in [9.17, 15) is 0 Å². The molecule has 4 heteroatoms. The van der Waals surface area contributed by atoms with Crippen LogP contribution in [0.2, 0.25) is 0 Å². The van der Waals surface area contributed by atoms with Gasteiger partial charge < -0.3 is 5.32 Å². The highest BCUT2D eigenvalue weighted by Crippen LogP contribution is 2.33. The molecule has 0 amide bonds. The fraction of sp³-hybridized carbons (Fsp3) is 0.125. The third-order valence-electron chi connectivity index (χ3n) is 3.04. The van der Waals surface area contributed by atoms with Crippen molar-refractivity contribution in [3.8, 4) is 21.7 Å². The van der Waals surface area contributed by atoms with Crippen molar-refractivity contribution in [1.82, 2.24) is 15.5 Å². The van der Waals surface area contributed by atoms with Gasteiger partial charge in [0.15, 0.2) is 0 Å². The van der Waals surface area contributed by atoms with Crippen LogP contribution < -0.4 is 5.32 Å². The van der Waals surface area contributed by atoms with Crippen LogP contribution in [0.1, 0.15) is 5.01 Å². The van der Waals surface area contributed by atoms with Crippen LogP contribution in [-0.4, -0.2) is 17.2 Å². The molecule has 1 aromatic heterocycles. The molecule has 20 heavy (non-hydrogen) atoms. The lowest BCUT2D eigenvalue weighted by Crippen LogP contribution is -2.04. The predicted octanol–water partition coefficient (Wildman–Crippen LogP) is 3.59. The van der Waals surface area contributed by atoms with Gasteiger partial charge in [0.2, 0.25) is 0 Å². The van der Waals surface area contributed by atoms with E-state index in [1.54, 1.807) is 11.3 Å². The van der Waals surface area contributed by atoms with Crippen molar-refractivity contribution in [2.45, 2.75) is 6.54 Å². The number of nitrogens with zero attached hydrogens (tertiary/aromatic N) is 2. The quantitative estimate of drug-likeness (QED) is 0.794. The zero-order valence-corrected chi connectivity index (χ0v) is 12.0. The second-order valence-corrected chi connectivity index (χ2v) is 5.50. The summed E-state index contributed by atoms with van der Waals surface area (Å²) in [6.07, 6.45) is 0. The van der Waals surface area contributed by atoms with Crippen molar-refractivity contribution in [3.63, 3.8) is 0 Å². The molecule has 100 valence electrons.